The van der Waals surface area contributed by atoms with E-state index in [0.717, 1.165) is 5.69 Å². The molecule has 0 bridgehead atoms. The topological polar surface area (TPSA) is 53.1 Å². The van der Waals surface area contributed by atoms with Crippen LogP contribution in [0.3, 0.4) is 0 Å². The summed E-state index contributed by atoms with van der Waals surface area (Å²) in [7, 11) is 0. The van der Waals surface area contributed by atoms with E-state index in [9.17, 15) is 0 Å². The van der Waals surface area contributed by atoms with Crippen molar-refractivity contribution in [3.05, 3.63) is 41.7 Å². The highest BCUT2D eigenvalue weighted by molar-refractivity contribution is 6.30. The summed E-state index contributed by atoms with van der Waals surface area (Å²) in [5.41, 5.74) is 6.24. The maximum atomic E-state index is 5.90. The number of rotatable bonds is 4. The summed E-state index contributed by atoms with van der Waals surface area (Å²) in [6.45, 7) is 0.976. The molecule has 0 spiro atoms. The maximum Gasteiger partial charge on any atom is 0.157 e. The first-order valence-electron chi connectivity index (χ1n) is 4.93. The Hall–Kier alpha value is -1.52. The van der Waals surface area contributed by atoms with Crippen molar-refractivity contribution in [1.29, 1.82) is 0 Å². The van der Waals surface area contributed by atoms with E-state index in [4.69, 9.17) is 22.1 Å². The minimum atomic E-state index is 0.487. The molecule has 0 atom stereocenters. The molecule has 1 aromatic heterocycles. The van der Waals surface area contributed by atoms with E-state index in [0.29, 0.717) is 23.9 Å². The molecule has 0 aliphatic heterocycles. The largest absolute Gasteiger partial charge is 0.489 e. The molecule has 2 N–H and O–H groups in total. The Morgan fingerprint density at radius 3 is 3.06 bits per heavy atom. The molecule has 0 saturated carbocycles. The Morgan fingerprint density at radius 2 is 2.31 bits per heavy atom. The zero-order chi connectivity index (χ0) is 11.4. The molecule has 16 heavy (non-hydrogen) atoms. The van der Waals surface area contributed by atoms with Crippen LogP contribution in [0, 0.1) is 0 Å². The van der Waals surface area contributed by atoms with Gasteiger partial charge in [0.05, 0.1) is 18.1 Å². The van der Waals surface area contributed by atoms with Gasteiger partial charge in [0.25, 0.3) is 0 Å². The van der Waals surface area contributed by atoms with Gasteiger partial charge in [-0.25, -0.2) is 4.68 Å². The van der Waals surface area contributed by atoms with E-state index in [2.05, 4.69) is 5.10 Å². The van der Waals surface area contributed by atoms with Crippen molar-refractivity contribution in [2.45, 2.75) is 0 Å². The van der Waals surface area contributed by atoms with Crippen molar-refractivity contribution in [1.82, 2.24) is 9.78 Å². The molecule has 0 amide bonds. The third-order valence-corrected chi connectivity index (χ3v) is 2.25. The van der Waals surface area contributed by atoms with Gasteiger partial charge in [0, 0.05) is 11.6 Å². The maximum absolute atomic E-state index is 5.90. The van der Waals surface area contributed by atoms with Gasteiger partial charge in [0.15, 0.2) is 5.75 Å². The Morgan fingerprint density at radius 1 is 1.44 bits per heavy atom. The molecule has 84 valence electrons. The summed E-state index contributed by atoms with van der Waals surface area (Å²) in [6, 6.07) is 7.45. The fourth-order valence-corrected chi connectivity index (χ4v) is 1.50. The fourth-order valence-electron chi connectivity index (χ4n) is 1.32. The molecule has 1 heterocycles. The highest BCUT2D eigenvalue weighted by Gasteiger charge is 2.01. The summed E-state index contributed by atoms with van der Waals surface area (Å²) in [4.78, 5) is 0. The van der Waals surface area contributed by atoms with Crippen LogP contribution in [0.5, 0.6) is 5.75 Å². The van der Waals surface area contributed by atoms with Gasteiger partial charge in [0.2, 0.25) is 0 Å². The SMILES string of the molecule is NCCOc1cnn(-c2cccc(Cl)c2)c1. The lowest BCUT2D eigenvalue weighted by atomic mass is 10.3. The molecule has 2 aromatic rings. The Kier molecular flexibility index (Phi) is 3.44. The predicted octanol–water partition coefficient (Wildman–Crippen LogP) is 1.86. The van der Waals surface area contributed by atoms with Gasteiger partial charge in [-0.15, -0.1) is 0 Å². The fraction of sp³-hybridized carbons (Fsp3) is 0.182. The van der Waals surface area contributed by atoms with E-state index < -0.39 is 0 Å². The third kappa shape index (κ3) is 2.53. The Bertz CT molecular complexity index is 470. The molecule has 2 rings (SSSR count). The van der Waals surface area contributed by atoms with Gasteiger partial charge < -0.3 is 10.5 Å². The lowest BCUT2D eigenvalue weighted by Crippen LogP contribution is -2.10. The molecular formula is C11H12ClN3O. The first-order chi connectivity index (χ1) is 7.79. The molecule has 0 saturated heterocycles. The predicted molar refractivity (Wildman–Crippen MR) is 63.1 cm³/mol. The zero-order valence-corrected chi connectivity index (χ0v) is 9.39. The summed E-state index contributed by atoms with van der Waals surface area (Å²) in [6.07, 6.45) is 3.44. The lowest BCUT2D eigenvalue weighted by Gasteiger charge is -2.01. The van der Waals surface area contributed by atoms with Gasteiger partial charge in [-0.05, 0) is 18.2 Å². The number of hydrogen-bond donors (Lipinski definition) is 1. The second kappa shape index (κ2) is 5.01. The monoisotopic (exact) mass is 237 g/mol. The first-order valence-corrected chi connectivity index (χ1v) is 5.31. The van der Waals surface area contributed by atoms with E-state index in [1.165, 1.54) is 0 Å². The molecule has 1 aromatic carbocycles. The van der Waals surface area contributed by atoms with Gasteiger partial charge in [0.1, 0.15) is 6.61 Å². The van der Waals surface area contributed by atoms with E-state index in [1.54, 1.807) is 17.1 Å². The number of halogens is 1. The van der Waals surface area contributed by atoms with Crippen LogP contribution in [0.2, 0.25) is 5.02 Å². The van der Waals surface area contributed by atoms with Crippen LogP contribution < -0.4 is 10.5 Å². The molecule has 0 radical (unpaired) electrons. The van der Waals surface area contributed by atoms with Crippen molar-refractivity contribution >= 4 is 11.6 Å². The van der Waals surface area contributed by atoms with Gasteiger partial charge >= 0.3 is 0 Å². The van der Waals surface area contributed by atoms with Crippen LogP contribution in [0.25, 0.3) is 5.69 Å². The smallest absolute Gasteiger partial charge is 0.157 e. The van der Waals surface area contributed by atoms with Gasteiger partial charge in [-0.3, -0.25) is 0 Å². The third-order valence-electron chi connectivity index (χ3n) is 2.02. The van der Waals surface area contributed by atoms with E-state index in [-0.39, 0.29) is 0 Å². The molecular weight excluding hydrogens is 226 g/mol. The van der Waals surface area contributed by atoms with Crippen molar-refractivity contribution in [2.75, 3.05) is 13.2 Å². The Labute approximate surface area is 98.6 Å². The van der Waals surface area contributed by atoms with Crippen molar-refractivity contribution in [3.63, 3.8) is 0 Å². The number of nitrogens with two attached hydrogens (primary N) is 1. The number of benzene rings is 1. The minimum absolute atomic E-state index is 0.487. The molecule has 0 aliphatic carbocycles. The average molecular weight is 238 g/mol. The number of nitrogens with zero attached hydrogens (tertiary/aromatic N) is 2. The summed E-state index contributed by atoms with van der Waals surface area (Å²) in [5, 5.41) is 4.85. The molecule has 4 nitrogen and oxygen atoms in total. The zero-order valence-electron chi connectivity index (χ0n) is 8.64. The number of aromatic nitrogens is 2. The molecule has 0 fully saturated rings. The van der Waals surface area contributed by atoms with E-state index >= 15 is 0 Å². The van der Waals surface area contributed by atoms with Crippen LogP contribution in [0.4, 0.5) is 0 Å². The lowest BCUT2D eigenvalue weighted by molar-refractivity contribution is 0.328. The Balaban J connectivity index is 2.18. The first kappa shape index (κ1) is 11.0. The second-order valence-electron chi connectivity index (χ2n) is 3.24. The van der Waals surface area contributed by atoms with Crippen LogP contribution in [-0.4, -0.2) is 22.9 Å². The quantitative estimate of drug-likeness (QED) is 0.883. The minimum Gasteiger partial charge on any atom is -0.489 e. The van der Waals surface area contributed by atoms with E-state index in [1.807, 2.05) is 24.3 Å². The second-order valence-corrected chi connectivity index (χ2v) is 3.67. The van der Waals surface area contributed by atoms with Crippen LogP contribution in [0.15, 0.2) is 36.7 Å². The summed E-state index contributed by atoms with van der Waals surface area (Å²) >= 11 is 5.90. The summed E-state index contributed by atoms with van der Waals surface area (Å²) < 4.78 is 7.05. The number of hydrogen-bond acceptors (Lipinski definition) is 3. The van der Waals surface area contributed by atoms with Gasteiger partial charge in [-0.2, -0.15) is 5.10 Å². The van der Waals surface area contributed by atoms with Crippen molar-refractivity contribution in [2.24, 2.45) is 5.73 Å². The summed E-state index contributed by atoms with van der Waals surface area (Å²) in [5.74, 6) is 0.699. The van der Waals surface area contributed by atoms with Crippen molar-refractivity contribution < 1.29 is 4.74 Å². The highest BCUT2D eigenvalue weighted by atomic mass is 35.5. The molecule has 0 aliphatic rings. The standard InChI is InChI=1S/C11H12ClN3O/c12-9-2-1-3-10(6-9)15-8-11(7-14-15)16-5-4-13/h1-3,6-8H,4-5,13H2. The van der Waals surface area contributed by atoms with Crippen molar-refractivity contribution in [3.8, 4) is 11.4 Å². The molecule has 0 unspecified atom stereocenters. The highest BCUT2D eigenvalue weighted by Crippen LogP contribution is 2.16. The number of ether oxygens (including phenoxy) is 1. The van der Waals surface area contributed by atoms with Gasteiger partial charge in [-0.1, -0.05) is 17.7 Å². The molecule has 5 heteroatoms. The average Bonchev–Trinajstić information content (AvgIpc) is 2.75. The normalized spacial score (nSPS) is 10.4. The van der Waals surface area contributed by atoms with Crippen LogP contribution in [0.1, 0.15) is 0 Å². The van der Waals surface area contributed by atoms with Crippen LogP contribution >= 0.6 is 11.6 Å². The van der Waals surface area contributed by atoms with Crippen LogP contribution in [-0.2, 0) is 0 Å².